The van der Waals surface area contributed by atoms with Gasteiger partial charge in [-0.2, -0.15) is 5.10 Å². The number of aromatic nitrogens is 5. The Bertz CT molecular complexity index is 515. The molecule has 0 aromatic carbocycles. The number of nitrogens with zero attached hydrogens (tertiary/aromatic N) is 4. The molecule has 0 amide bonds. The Morgan fingerprint density at radius 2 is 2.32 bits per heavy atom. The molecule has 6 heteroatoms. The number of H-pyrrole nitrogens is 1. The van der Waals surface area contributed by atoms with Crippen LogP contribution in [0.25, 0.3) is 0 Å². The summed E-state index contributed by atoms with van der Waals surface area (Å²) in [5.74, 6) is 2.19. The van der Waals surface area contributed by atoms with Gasteiger partial charge >= 0.3 is 0 Å². The fourth-order valence-corrected chi connectivity index (χ4v) is 2.57. The Labute approximate surface area is 112 Å². The van der Waals surface area contributed by atoms with E-state index in [4.69, 9.17) is 0 Å². The summed E-state index contributed by atoms with van der Waals surface area (Å²) in [6.07, 6.45) is 6.57. The van der Waals surface area contributed by atoms with Crippen molar-refractivity contribution in [2.75, 3.05) is 0 Å². The van der Waals surface area contributed by atoms with Gasteiger partial charge in [-0.1, -0.05) is 6.42 Å². The maximum absolute atomic E-state index is 4.36. The van der Waals surface area contributed by atoms with Crippen molar-refractivity contribution < 1.29 is 0 Å². The highest BCUT2D eigenvalue weighted by atomic mass is 15.3. The number of nitrogens with one attached hydrogen (secondary N) is 2. The fourth-order valence-electron chi connectivity index (χ4n) is 2.57. The molecule has 2 N–H and O–H groups in total. The second-order valence-corrected chi connectivity index (χ2v) is 5.12. The largest absolute Gasteiger partial charge is 0.314 e. The topological polar surface area (TPSA) is 71.4 Å². The average molecular weight is 260 g/mol. The first kappa shape index (κ1) is 12.3. The second kappa shape index (κ2) is 5.52. The third-order valence-electron chi connectivity index (χ3n) is 3.68. The van der Waals surface area contributed by atoms with Crippen LogP contribution < -0.4 is 5.32 Å². The molecule has 0 fully saturated rings. The van der Waals surface area contributed by atoms with Crippen molar-refractivity contribution in [3.05, 3.63) is 29.6 Å². The van der Waals surface area contributed by atoms with Gasteiger partial charge < -0.3 is 9.88 Å². The lowest BCUT2D eigenvalue weighted by molar-refractivity contribution is 0.498. The number of hydrogen-bond acceptors (Lipinski definition) is 4. The van der Waals surface area contributed by atoms with Gasteiger partial charge in [-0.25, -0.2) is 0 Å². The highest BCUT2D eigenvalue weighted by molar-refractivity contribution is 5.03. The highest BCUT2D eigenvalue weighted by Gasteiger charge is 2.18. The van der Waals surface area contributed by atoms with Crippen molar-refractivity contribution in [3.8, 4) is 0 Å². The zero-order chi connectivity index (χ0) is 13.1. The third-order valence-corrected chi connectivity index (χ3v) is 3.68. The zero-order valence-corrected chi connectivity index (χ0v) is 11.3. The van der Waals surface area contributed by atoms with Crippen LogP contribution in [-0.4, -0.2) is 25.0 Å². The first-order valence-corrected chi connectivity index (χ1v) is 6.98. The number of aryl methyl sites for hydroxylation is 1. The third kappa shape index (κ3) is 2.68. The quantitative estimate of drug-likeness (QED) is 0.875. The molecular formula is C13H20N6. The number of hydrogen-bond donors (Lipinski definition) is 2. The summed E-state index contributed by atoms with van der Waals surface area (Å²) in [6.45, 7) is 3.95. The van der Waals surface area contributed by atoms with E-state index in [1.807, 2.05) is 6.07 Å². The smallest absolute Gasteiger partial charge is 0.149 e. The summed E-state index contributed by atoms with van der Waals surface area (Å²) >= 11 is 0. The van der Waals surface area contributed by atoms with E-state index in [-0.39, 0.29) is 6.04 Å². The Kier molecular flexibility index (Phi) is 3.59. The predicted molar refractivity (Wildman–Crippen MR) is 71.4 cm³/mol. The standard InChI is InChI=1S/C13H20N6/c1-10(14-9-11-6-7-15-16-11)13-18-17-12-5-3-2-4-8-19(12)13/h6-7,10,14H,2-5,8-9H2,1H3,(H,15,16). The molecule has 1 unspecified atom stereocenters. The van der Waals surface area contributed by atoms with Gasteiger partial charge in [0.2, 0.25) is 0 Å². The number of fused-ring (bicyclic) bond motifs is 1. The molecule has 102 valence electrons. The van der Waals surface area contributed by atoms with Crippen LogP contribution in [0.3, 0.4) is 0 Å². The number of rotatable bonds is 4. The van der Waals surface area contributed by atoms with Crippen molar-refractivity contribution in [1.29, 1.82) is 0 Å². The first-order valence-electron chi connectivity index (χ1n) is 6.98. The molecule has 3 heterocycles. The molecule has 0 bridgehead atoms. The van der Waals surface area contributed by atoms with E-state index in [1.54, 1.807) is 6.20 Å². The van der Waals surface area contributed by atoms with Crippen molar-refractivity contribution in [2.45, 2.75) is 51.7 Å². The van der Waals surface area contributed by atoms with E-state index in [9.17, 15) is 0 Å². The van der Waals surface area contributed by atoms with Gasteiger partial charge in [0.05, 0.1) is 6.04 Å². The fraction of sp³-hybridized carbons (Fsp3) is 0.615. The van der Waals surface area contributed by atoms with E-state index >= 15 is 0 Å². The molecule has 2 aromatic rings. The molecule has 1 atom stereocenters. The molecular weight excluding hydrogens is 240 g/mol. The molecule has 0 radical (unpaired) electrons. The predicted octanol–water partition coefficient (Wildman–Crippen LogP) is 1.58. The Morgan fingerprint density at radius 1 is 1.37 bits per heavy atom. The van der Waals surface area contributed by atoms with Gasteiger partial charge in [-0.05, 0) is 25.8 Å². The molecule has 3 rings (SSSR count). The normalized spacial score (nSPS) is 16.9. The molecule has 0 saturated carbocycles. The van der Waals surface area contributed by atoms with E-state index in [0.717, 1.165) is 36.9 Å². The van der Waals surface area contributed by atoms with Crippen LogP contribution in [0, 0.1) is 0 Å². The zero-order valence-electron chi connectivity index (χ0n) is 11.3. The highest BCUT2D eigenvalue weighted by Crippen LogP contribution is 2.18. The molecule has 6 nitrogen and oxygen atoms in total. The maximum Gasteiger partial charge on any atom is 0.149 e. The summed E-state index contributed by atoms with van der Waals surface area (Å²) in [4.78, 5) is 0. The van der Waals surface area contributed by atoms with E-state index < -0.39 is 0 Å². The van der Waals surface area contributed by atoms with Gasteiger partial charge in [-0.3, -0.25) is 5.10 Å². The molecule has 1 aliphatic heterocycles. The van der Waals surface area contributed by atoms with Crippen molar-refractivity contribution in [1.82, 2.24) is 30.3 Å². The Morgan fingerprint density at radius 3 is 3.16 bits per heavy atom. The lowest BCUT2D eigenvalue weighted by Crippen LogP contribution is -2.22. The van der Waals surface area contributed by atoms with Gasteiger partial charge in [0, 0.05) is 31.4 Å². The van der Waals surface area contributed by atoms with Crippen molar-refractivity contribution in [2.24, 2.45) is 0 Å². The van der Waals surface area contributed by atoms with Gasteiger partial charge in [0.25, 0.3) is 0 Å². The van der Waals surface area contributed by atoms with E-state index in [2.05, 4.69) is 37.2 Å². The molecule has 2 aromatic heterocycles. The molecule has 1 aliphatic rings. The molecule has 19 heavy (non-hydrogen) atoms. The number of aromatic amines is 1. The van der Waals surface area contributed by atoms with Crippen LogP contribution >= 0.6 is 0 Å². The Hall–Kier alpha value is -1.69. The van der Waals surface area contributed by atoms with Crippen molar-refractivity contribution >= 4 is 0 Å². The van der Waals surface area contributed by atoms with E-state index in [1.165, 1.54) is 19.3 Å². The minimum Gasteiger partial charge on any atom is -0.314 e. The minimum atomic E-state index is 0.197. The lowest BCUT2D eigenvalue weighted by atomic mass is 10.2. The summed E-state index contributed by atoms with van der Waals surface area (Å²) in [6, 6.07) is 2.17. The SMILES string of the molecule is CC(NCc1ccn[nH]1)c1nnc2n1CCCCC2. The van der Waals surface area contributed by atoms with Gasteiger partial charge in [0.1, 0.15) is 11.6 Å². The molecule has 0 saturated heterocycles. The first-order chi connectivity index (χ1) is 9.34. The lowest BCUT2D eigenvalue weighted by Gasteiger charge is -2.14. The van der Waals surface area contributed by atoms with Crippen LogP contribution in [0.4, 0.5) is 0 Å². The summed E-state index contributed by atoms with van der Waals surface area (Å²) in [5.41, 5.74) is 1.09. The second-order valence-electron chi connectivity index (χ2n) is 5.12. The maximum atomic E-state index is 4.36. The summed E-state index contributed by atoms with van der Waals surface area (Å²) < 4.78 is 2.29. The van der Waals surface area contributed by atoms with Crippen LogP contribution in [-0.2, 0) is 19.5 Å². The van der Waals surface area contributed by atoms with Crippen LogP contribution in [0.1, 0.15) is 49.6 Å². The van der Waals surface area contributed by atoms with Crippen molar-refractivity contribution in [3.63, 3.8) is 0 Å². The summed E-state index contributed by atoms with van der Waals surface area (Å²) in [7, 11) is 0. The van der Waals surface area contributed by atoms with Crippen LogP contribution in [0.5, 0.6) is 0 Å². The average Bonchev–Trinajstić information content (AvgIpc) is 3.02. The van der Waals surface area contributed by atoms with Crippen LogP contribution in [0.2, 0.25) is 0 Å². The van der Waals surface area contributed by atoms with Crippen LogP contribution in [0.15, 0.2) is 12.3 Å². The summed E-state index contributed by atoms with van der Waals surface area (Å²) in [5, 5.41) is 19.1. The molecule has 0 aliphatic carbocycles. The van der Waals surface area contributed by atoms with Gasteiger partial charge in [0.15, 0.2) is 0 Å². The molecule has 0 spiro atoms. The minimum absolute atomic E-state index is 0.197. The Balaban J connectivity index is 1.69. The monoisotopic (exact) mass is 260 g/mol. The van der Waals surface area contributed by atoms with Gasteiger partial charge in [-0.15, -0.1) is 10.2 Å². The van der Waals surface area contributed by atoms with E-state index in [0.29, 0.717) is 0 Å².